The van der Waals surface area contributed by atoms with E-state index in [4.69, 9.17) is 4.74 Å². The van der Waals surface area contributed by atoms with Gasteiger partial charge in [-0.3, -0.25) is 4.79 Å². The average molecular weight is 437 g/mol. The summed E-state index contributed by atoms with van der Waals surface area (Å²) in [7, 11) is -2.56. The summed E-state index contributed by atoms with van der Waals surface area (Å²) in [5.41, 5.74) is 0.462. The van der Waals surface area contributed by atoms with Crippen molar-refractivity contribution in [2.24, 2.45) is 0 Å². The molecule has 0 heterocycles. The molecule has 0 aromatic heterocycles. The molecule has 0 saturated carbocycles. The third-order valence-corrected chi connectivity index (χ3v) is 6.66. The number of esters is 1. The van der Waals surface area contributed by atoms with Gasteiger partial charge < -0.3 is 9.64 Å². The van der Waals surface area contributed by atoms with Crippen molar-refractivity contribution in [3.05, 3.63) is 59.9 Å². The zero-order valence-corrected chi connectivity index (χ0v) is 18.1. The number of para-hydroxylation sites is 1. The van der Waals surface area contributed by atoms with Gasteiger partial charge in [-0.1, -0.05) is 32.0 Å². The van der Waals surface area contributed by atoms with Gasteiger partial charge in [0, 0.05) is 25.8 Å². The van der Waals surface area contributed by atoms with Gasteiger partial charge in [0.15, 0.2) is 6.10 Å². The summed E-state index contributed by atoms with van der Waals surface area (Å²) in [5, 5.41) is 0. The Morgan fingerprint density at radius 3 is 2.23 bits per heavy atom. The molecule has 0 radical (unpaired) electrons. The van der Waals surface area contributed by atoms with Crippen molar-refractivity contribution in [2.75, 3.05) is 25.0 Å². The highest BCUT2D eigenvalue weighted by atomic mass is 32.2. The predicted octanol–water partition coefficient (Wildman–Crippen LogP) is 3.06. The van der Waals surface area contributed by atoms with E-state index >= 15 is 0 Å². The van der Waals surface area contributed by atoms with E-state index < -0.39 is 38.7 Å². The number of hydrogen-bond acceptors (Lipinski definition) is 5. The van der Waals surface area contributed by atoms with E-state index in [1.54, 1.807) is 45.2 Å². The minimum absolute atomic E-state index is 0.157. The fourth-order valence-electron chi connectivity index (χ4n) is 2.86. The molecule has 7 nitrogen and oxygen atoms in total. The summed E-state index contributed by atoms with van der Waals surface area (Å²) in [5.74, 6) is -2.35. The first-order valence-corrected chi connectivity index (χ1v) is 10.9. The molecule has 162 valence electrons. The zero-order chi connectivity index (χ0) is 22.5. The van der Waals surface area contributed by atoms with E-state index in [9.17, 15) is 22.4 Å². The molecule has 1 amide bonds. The standard InChI is InChI=1S/C21H25FN2O5S/c1-5-24(6-2)30(27,28)19-14-16(12-13-18(19)22)21(26)29-15(3)20(25)23(4)17-10-8-7-9-11-17/h7-15H,5-6H2,1-4H3. The minimum Gasteiger partial charge on any atom is -0.449 e. The third kappa shape index (κ3) is 5.03. The molecule has 2 rings (SSSR count). The van der Waals surface area contributed by atoms with Crippen LogP contribution in [0.5, 0.6) is 0 Å². The maximum absolute atomic E-state index is 14.2. The SMILES string of the molecule is CCN(CC)S(=O)(=O)c1cc(C(=O)OC(C)C(=O)N(C)c2ccccc2)ccc1F. The summed E-state index contributed by atoms with van der Waals surface area (Å²) in [6.45, 7) is 4.99. The normalized spacial score (nSPS) is 12.5. The Kier molecular flexibility index (Phi) is 7.69. The van der Waals surface area contributed by atoms with Crippen LogP contribution in [0.4, 0.5) is 10.1 Å². The van der Waals surface area contributed by atoms with E-state index in [2.05, 4.69) is 0 Å². The van der Waals surface area contributed by atoms with Gasteiger partial charge in [0.2, 0.25) is 10.0 Å². The first-order chi connectivity index (χ1) is 14.1. The third-order valence-electron chi connectivity index (χ3n) is 4.60. The van der Waals surface area contributed by atoms with Gasteiger partial charge >= 0.3 is 5.97 Å². The molecule has 30 heavy (non-hydrogen) atoms. The van der Waals surface area contributed by atoms with Crippen molar-refractivity contribution < 1.29 is 27.1 Å². The summed E-state index contributed by atoms with van der Waals surface area (Å²) < 4.78 is 45.8. The number of nitrogens with zero attached hydrogens (tertiary/aromatic N) is 2. The Labute approximate surface area is 176 Å². The Hall–Kier alpha value is -2.78. The van der Waals surface area contributed by atoms with E-state index in [0.717, 1.165) is 22.5 Å². The smallest absolute Gasteiger partial charge is 0.338 e. The van der Waals surface area contributed by atoms with Crippen LogP contribution >= 0.6 is 0 Å². The van der Waals surface area contributed by atoms with Crippen molar-refractivity contribution >= 4 is 27.6 Å². The number of carbonyl (C=O) groups is 2. The molecule has 0 aliphatic heterocycles. The van der Waals surface area contributed by atoms with Crippen molar-refractivity contribution in [3.8, 4) is 0 Å². The fraction of sp³-hybridized carbons (Fsp3) is 0.333. The average Bonchev–Trinajstić information content (AvgIpc) is 2.73. The number of carbonyl (C=O) groups excluding carboxylic acids is 2. The Morgan fingerprint density at radius 2 is 1.67 bits per heavy atom. The number of anilines is 1. The van der Waals surface area contributed by atoms with E-state index in [1.165, 1.54) is 11.8 Å². The number of benzene rings is 2. The second-order valence-corrected chi connectivity index (χ2v) is 8.42. The van der Waals surface area contributed by atoms with Crippen molar-refractivity contribution in [1.29, 1.82) is 0 Å². The molecule has 1 atom stereocenters. The molecule has 0 aliphatic rings. The van der Waals surface area contributed by atoms with E-state index in [0.29, 0.717) is 5.69 Å². The quantitative estimate of drug-likeness (QED) is 0.594. The van der Waals surface area contributed by atoms with Gasteiger partial charge in [-0.25, -0.2) is 17.6 Å². The summed E-state index contributed by atoms with van der Waals surface area (Å²) in [4.78, 5) is 25.8. The highest BCUT2D eigenvalue weighted by Gasteiger charge is 2.28. The van der Waals surface area contributed by atoms with Crippen LogP contribution in [0.25, 0.3) is 0 Å². The second kappa shape index (κ2) is 9.82. The number of sulfonamides is 1. The fourth-order valence-corrected chi connectivity index (χ4v) is 4.41. The molecule has 0 spiro atoms. The lowest BCUT2D eigenvalue weighted by Gasteiger charge is -2.22. The molecule has 9 heteroatoms. The number of rotatable bonds is 8. The summed E-state index contributed by atoms with van der Waals surface area (Å²) >= 11 is 0. The lowest BCUT2D eigenvalue weighted by atomic mass is 10.2. The minimum atomic E-state index is -4.11. The molecule has 0 fully saturated rings. The first kappa shape index (κ1) is 23.5. The maximum Gasteiger partial charge on any atom is 0.338 e. The number of ether oxygens (including phenoxy) is 1. The van der Waals surface area contributed by atoms with Crippen LogP contribution in [0.15, 0.2) is 53.4 Å². The number of hydrogen-bond donors (Lipinski definition) is 0. The number of halogens is 1. The highest BCUT2D eigenvalue weighted by Crippen LogP contribution is 2.22. The maximum atomic E-state index is 14.2. The largest absolute Gasteiger partial charge is 0.449 e. The molecule has 2 aromatic rings. The van der Waals surface area contributed by atoms with E-state index in [1.807, 2.05) is 6.07 Å². The Bertz CT molecular complexity index is 1010. The predicted molar refractivity (Wildman–Crippen MR) is 111 cm³/mol. The van der Waals surface area contributed by atoms with Crippen LogP contribution < -0.4 is 4.90 Å². The molecule has 0 bridgehead atoms. The van der Waals surface area contributed by atoms with Crippen molar-refractivity contribution in [2.45, 2.75) is 31.8 Å². The van der Waals surface area contributed by atoms with Gasteiger partial charge in [-0.05, 0) is 37.3 Å². The second-order valence-electron chi connectivity index (χ2n) is 6.51. The van der Waals surface area contributed by atoms with Crippen LogP contribution in [-0.4, -0.2) is 50.8 Å². The van der Waals surface area contributed by atoms with Gasteiger partial charge in [0.1, 0.15) is 10.7 Å². The van der Waals surface area contributed by atoms with Crippen molar-refractivity contribution in [3.63, 3.8) is 0 Å². The Morgan fingerprint density at radius 1 is 1.07 bits per heavy atom. The van der Waals surface area contributed by atoms with Crippen LogP contribution in [-0.2, 0) is 19.6 Å². The summed E-state index contributed by atoms with van der Waals surface area (Å²) in [6.07, 6.45) is -1.13. The lowest BCUT2D eigenvalue weighted by molar-refractivity contribution is -0.126. The molecule has 1 unspecified atom stereocenters. The van der Waals surface area contributed by atoms with Crippen LogP contribution in [0, 0.1) is 5.82 Å². The molecular formula is C21H25FN2O5S. The highest BCUT2D eigenvalue weighted by molar-refractivity contribution is 7.89. The van der Waals surface area contributed by atoms with Gasteiger partial charge in [0.05, 0.1) is 5.56 Å². The lowest BCUT2D eigenvalue weighted by Crippen LogP contribution is -2.37. The van der Waals surface area contributed by atoms with Gasteiger partial charge in [0.25, 0.3) is 5.91 Å². The topological polar surface area (TPSA) is 84.0 Å². The van der Waals surface area contributed by atoms with Crippen LogP contribution in [0.1, 0.15) is 31.1 Å². The van der Waals surface area contributed by atoms with Crippen LogP contribution in [0.2, 0.25) is 0 Å². The van der Waals surface area contributed by atoms with Crippen molar-refractivity contribution in [1.82, 2.24) is 4.31 Å². The molecular weight excluding hydrogens is 411 g/mol. The number of likely N-dealkylation sites (N-methyl/N-ethyl adjacent to an activating group) is 1. The summed E-state index contributed by atoms with van der Waals surface area (Å²) in [6, 6.07) is 11.8. The van der Waals surface area contributed by atoms with Gasteiger partial charge in [-0.15, -0.1) is 0 Å². The zero-order valence-electron chi connectivity index (χ0n) is 17.3. The molecule has 2 aromatic carbocycles. The van der Waals surface area contributed by atoms with Gasteiger partial charge in [-0.2, -0.15) is 4.31 Å². The van der Waals surface area contributed by atoms with Crippen LogP contribution in [0.3, 0.4) is 0 Å². The molecule has 0 saturated heterocycles. The molecule has 0 aliphatic carbocycles. The monoisotopic (exact) mass is 436 g/mol. The first-order valence-electron chi connectivity index (χ1n) is 9.46. The Balaban J connectivity index is 2.22. The van der Waals surface area contributed by atoms with E-state index in [-0.39, 0.29) is 18.7 Å². The number of amides is 1. The molecule has 0 N–H and O–H groups in total.